The summed E-state index contributed by atoms with van der Waals surface area (Å²) < 4.78 is 5.42. The fourth-order valence-electron chi connectivity index (χ4n) is 4.21. The number of carbonyl (C=O) groups is 1. The molecule has 1 atom stereocenters. The Hall–Kier alpha value is -0.650. The average molecular weight is 567 g/mol. The molecule has 0 aromatic carbocycles. The molecule has 8 nitrogen and oxygen atoms in total. The van der Waals surface area contributed by atoms with E-state index in [0.717, 1.165) is 58.3 Å². The van der Waals surface area contributed by atoms with E-state index in [0.29, 0.717) is 12.0 Å². The lowest BCUT2D eigenvalue weighted by atomic mass is 10.0. The molecule has 188 valence electrons. The predicted molar refractivity (Wildman–Crippen MR) is 143 cm³/mol. The lowest BCUT2D eigenvalue weighted by molar-refractivity contribution is -0.127. The van der Waals surface area contributed by atoms with Crippen molar-refractivity contribution in [2.45, 2.75) is 52.0 Å². The molecule has 32 heavy (non-hydrogen) atoms. The summed E-state index contributed by atoms with van der Waals surface area (Å²) in [5, 5.41) is 7.00. The minimum absolute atomic E-state index is 0. The topological polar surface area (TPSA) is 72.4 Å². The fourth-order valence-corrected chi connectivity index (χ4v) is 4.21. The van der Waals surface area contributed by atoms with Gasteiger partial charge in [-0.05, 0) is 44.8 Å². The third kappa shape index (κ3) is 11.5. The maximum Gasteiger partial charge on any atom is 0.243 e. The second-order valence-electron chi connectivity index (χ2n) is 9.33. The lowest BCUT2D eigenvalue weighted by Crippen LogP contribution is -2.50. The highest BCUT2D eigenvalue weighted by Gasteiger charge is 2.23. The summed E-state index contributed by atoms with van der Waals surface area (Å²) in [7, 11) is 3.55. The monoisotopic (exact) mass is 566 g/mol. The standard InChI is InChI=1S/C23H46N6O2.HI/c1-20(2)21(29-12-7-5-6-8-13-29)18-25-23(26-19-22(30)27(3)4)24-10-9-11-28-14-16-31-17-15-28;/h20-21H,5-19H2,1-4H3,(H2,24,25,26);1H. The highest BCUT2D eigenvalue weighted by atomic mass is 127. The quantitative estimate of drug-likeness (QED) is 0.182. The summed E-state index contributed by atoms with van der Waals surface area (Å²) in [6.45, 7) is 13.6. The zero-order valence-electron chi connectivity index (χ0n) is 20.8. The maximum atomic E-state index is 12.1. The van der Waals surface area contributed by atoms with Crippen molar-refractivity contribution in [3.05, 3.63) is 0 Å². The van der Waals surface area contributed by atoms with Crippen LogP contribution >= 0.6 is 24.0 Å². The Morgan fingerprint density at radius 2 is 1.69 bits per heavy atom. The zero-order valence-corrected chi connectivity index (χ0v) is 23.1. The van der Waals surface area contributed by atoms with Gasteiger partial charge in [-0.2, -0.15) is 0 Å². The van der Waals surface area contributed by atoms with Crippen molar-refractivity contribution in [2.24, 2.45) is 10.9 Å². The first-order valence-corrected chi connectivity index (χ1v) is 12.2. The number of hydrogen-bond donors (Lipinski definition) is 2. The summed E-state index contributed by atoms with van der Waals surface area (Å²) in [6, 6.07) is 0.475. The molecule has 1 unspecified atom stereocenters. The number of hydrogen-bond acceptors (Lipinski definition) is 5. The molecule has 2 fully saturated rings. The van der Waals surface area contributed by atoms with Crippen LogP contribution in [0, 0.1) is 5.92 Å². The Balaban J connectivity index is 0.00000512. The number of aliphatic imine (C=N–C) groups is 1. The first kappa shape index (κ1) is 29.4. The number of likely N-dealkylation sites (N-methyl/N-ethyl adjacent to an activating group) is 1. The molecule has 0 aromatic rings. The molecule has 1 amide bonds. The fraction of sp³-hybridized carbons (Fsp3) is 0.913. The Kier molecular flexibility index (Phi) is 15.5. The number of morpholine rings is 1. The molecule has 0 radical (unpaired) electrons. The summed E-state index contributed by atoms with van der Waals surface area (Å²) >= 11 is 0. The molecule has 0 aliphatic carbocycles. The van der Waals surface area contributed by atoms with E-state index in [9.17, 15) is 4.79 Å². The van der Waals surface area contributed by atoms with Crippen molar-refractivity contribution < 1.29 is 9.53 Å². The first-order valence-electron chi connectivity index (χ1n) is 12.2. The second kappa shape index (κ2) is 16.9. The number of rotatable bonds is 10. The number of halogens is 1. The first-order chi connectivity index (χ1) is 15.0. The Labute approximate surface area is 212 Å². The van der Waals surface area contributed by atoms with Crippen LogP contribution in [0.4, 0.5) is 0 Å². The van der Waals surface area contributed by atoms with E-state index in [4.69, 9.17) is 4.74 Å². The van der Waals surface area contributed by atoms with Gasteiger partial charge in [-0.1, -0.05) is 26.7 Å². The predicted octanol–water partition coefficient (Wildman–Crippen LogP) is 1.85. The average Bonchev–Trinajstić information content (AvgIpc) is 3.04. The minimum atomic E-state index is 0. The Morgan fingerprint density at radius 1 is 1.03 bits per heavy atom. The minimum Gasteiger partial charge on any atom is -0.379 e. The van der Waals surface area contributed by atoms with Gasteiger partial charge in [-0.3, -0.25) is 14.6 Å². The van der Waals surface area contributed by atoms with Gasteiger partial charge in [0.25, 0.3) is 0 Å². The van der Waals surface area contributed by atoms with Crippen molar-refractivity contribution in [3.8, 4) is 0 Å². The molecule has 0 spiro atoms. The van der Waals surface area contributed by atoms with Gasteiger partial charge >= 0.3 is 0 Å². The van der Waals surface area contributed by atoms with Gasteiger partial charge in [-0.25, -0.2) is 4.99 Å². The van der Waals surface area contributed by atoms with Crippen LogP contribution in [-0.2, 0) is 9.53 Å². The van der Waals surface area contributed by atoms with Crippen LogP contribution in [-0.4, -0.2) is 112 Å². The number of ether oxygens (including phenoxy) is 1. The van der Waals surface area contributed by atoms with Crippen molar-refractivity contribution in [1.29, 1.82) is 0 Å². The van der Waals surface area contributed by atoms with Crippen molar-refractivity contribution in [3.63, 3.8) is 0 Å². The van der Waals surface area contributed by atoms with Gasteiger partial charge in [0.15, 0.2) is 5.96 Å². The molecule has 2 saturated heterocycles. The van der Waals surface area contributed by atoms with E-state index in [1.54, 1.807) is 19.0 Å². The van der Waals surface area contributed by atoms with E-state index in [1.807, 2.05) is 0 Å². The summed E-state index contributed by atoms with van der Waals surface area (Å²) in [6.07, 6.45) is 6.32. The second-order valence-corrected chi connectivity index (χ2v) is 9.33. The van der Waals surface area contributed by atoms with Crippen LogP contribution in [0.25, 0.3) is 0 Å². The van der Waals surface area contributed by atoms with Gasteiger partial charge in [0.2, 0.25) is 5.91 Å². The Bertz CT molecular complexity index is 533. The van der Waals surface area contributed by atoms with E-state index in [-0.39, 0.29) is 36.4 Å². The number of nitrogens with zero attached hydrogens (tertiary/aromatic N) is 4. The molecule has 2 aliphatic rings. The highest BCUT2D eigenvalue weighted by molar-refractivity contribution is 14.0. The Morgan fingerprint density at radius 3 is 2.28 bits per heavy atom. The van der Waals surface area contributed by atoms with Crippen LogP contribution in [0.2, 0.25) is 0 Å². The van der Waals surface area contributed by atoms with E-state index in [1.165, 1.54) is 38.8 Å². The largest absolute Gasteiger partial charge is 0.379 e. The molecule has 2 heterocycles. The number of carbonyl (C=O) groups excluding carboxylic acids is 1. The summed E-state index contributed by atoms with van der Waals surface area (Å²) in [5.41, 5.74) is 0. The molecule has 0 aromatic heterocycles. The molecule has 2 aliphatic heterocycles. The maximum absolute atomic E-state index is 12.1. The smallest absolute Gasteiger partial charge is 0.243 e. The van der Waals surface area contributed by atoms with E-state index in [2.05, 4.69) is 39.3 Å². The number of guanidine groups is 1. The van der Waals surface area contributed by atoms with Crippen molar-refractivity contribution in [1.82, 2.24) is 25.3 Å². The number of likely N-dealkylation sites (tertiary alicyclic amines) is 1. The summed E-state index contributed by atoms with van der Waals surface area (Å²) in [4.78, 5) is 23.3. The normalized spacial score (nSPS) is 19.7. The van der Waals surface area contributed by atoms with Crippen LogP contribution in [0.3, 0.4) is 0 Å². The van der Waals surface area contributed by atoms with Crippen LogP contribution in [0.1, 0.15) is 46.0 Å². The lowest BCUT2D eigenvalue weighted by Gasteiger charge is -2.34. The van der Waals surface area contributed by atoms with E-state index < -0.39 is 0 Å². The van der Waals surface area contributed by atoms with Crippen molar-refractivity contribution >= 4 is 35.8 Å². The van der Waals surface area contributed by atoms with Gasteiger partial charge in [0.1, 0.15) is 6.54 Å². The third-order valence-electron chi connectivity index (χ3n) is 6.28. The van der Waals surface area contributed by atoms with Crippen LogP contribution in [0.15, 0.2) is 4.99 Å². The van der Waals surface area contributed by atoms with Gasteiger partial charge in [-0.15, -0.1) is 24.0 Å². The SMILES string of the molecule is CC(C)C(CNC(=NCC(=O)N(C)C)NCCCN1CCOCC1)N1CCCCCC1.I. The number of amides is 1. The molecular weight excluding hydrogens is 519 g/mol. The highest BCUT2D eigenvalue weighted by Crippen LogP contribution is 2.17. The van der Waals surface area contributed by atoms with Gasteiger partial charge in [0.05, 0.1) is 13.2 Å². The molecule has 9 heteroatoms. The van der Waals surface area contributed by atoms with Gasteiger partial charge in [0, 0.05) is 46.3 Å². The molecule has 2 rings (SSSR count). The van der Waals surface area contributed by atoms with Gasteiger partial charge < -0.3 is 20.3 Å². The molecule has 0 bridgehead atoms. The third-order valence-corrected chi connectivity index (χ3v) is 6.28. The zero-order chi connectivity index (χ0) is 22.5. The molecule has 0 saturated carbocycles. The summed E-state index contributed by atoms with van der Waals surface area (Å²) in [5.74, 6) is 1.33. The van der Waals surface area contributed by atoms with Crippen LogP contribution in [0.5, 0.6) is 0 Å². The van der Waals surface area contributed by atoms with Crippen molar-refractivity contribution in [2.75, 3.05) is 79.7 Å². The van der Waals surface area contributed by atoms with E-state index >= 15 is 0 Å². The van der Waals surface area contributed by atoms with Crippen LogP contribution < -0.4 is 10.6 Å². The number of nitrogens with one attached hydrogen (secondary N) is 2. The molecule has 2 N–H and O–H groups in total. The molecular formula is C23H47IN6O2.